The molecule has 0 bridgehead atoms. The van der Waals surface area contributed by atoms with E-state index in [0.29, 0.717) is 37.2 Å². The van der Waals surface area contributed by atoms with Crippen LogP contribution in [-0.4, -0.2) is 48.7 Å². The van der Waals surface area contributed by atoms with Crippen molar-refractivity contribution in [3.63, 3.8) is 0 Å². The van der Waals surface area contributed by atoms with Crippen molar-refractivity contribution in [2.45, 2.75) is 25.3 Å². The van der Waals surface area contributed by atoms with Gasteiger partial charge in [0.25, 0.3) is 11.8 Å². The lowest BCUT2D eigenvalue weighted by Gasteiger charge is -2.33. The normalized spacial score (nSPS) is 24.0. The second-order valence-electron chi connectivity index (χ2n) is 6.99. The third-order valence-corrected chi connectivity index (χ3v) is 5.26. The Labute approximate surface area is 155 Å². The van der Waals surface area contributed by atoms with Gasteiger partial charge in [0.05, 0.1) is 5.41 Å². The number of imide groups is 1. The number of aliphatic carboxylic acids is 1. The molecule has 2 fully saturated rings. The van der Waals surface area contributed by atoms with Crippen molar-refractivity contribution in [3.8, 4) is 0 Å². The number of hydrogen-bond acceptors (Lipinski definition) is 5. The number of nitrogens with one attached hydrogen (secondary N) is 3. The van der Waals surface area contributed by atoms with Crippen molar-refractivity contribution in [1.29, 1.82) is 0 Å². The van der Waals surface area contributed by atoms with Crippen LogP contribution in [0.25, 0.3) is 0 Å². The maximum Gasteiger partial charge on any atom is 0.322 e. The van der Waals surface area contributed by atoms with Gasteiger partial charge in [-0.1, -0.05) is 12.1 Å². The Kier molecular flexibility index (Phi) is 4.88. The number of hydrogen-bond donors (Lipinski definition) is 4. The van der Waals surface area contributed by atoms with Crippen molar-refractivity contribution in [2.24, 2.45) is 5.41 Å². The lowest BCUT2D eigenvalue weighted by Crippen LogP contribution is -2.46. The highest BCUT2D eigenvalue weighted by Gasteiger charge is 2.43. The molecule has 4 N–H and O–H groups in total. The fraction of sp³-hybridized carbons (Fsp3) is 0.444. The van der Waals surface area contributed by atoms with E-state index in [9.17, 15) is 24.3 Å². The van der Waals surface area contributed by atoms with E-state index in [1.165, 1.54) is 12.1 Å². The number of carbonyl (C=O) groups is 4. The van der Waals surface area contributed by atoms with E-state index in [4.69, 9.17) is 4.74 Å². The molecule has 3 rings (SSSR count). The third-order valence-electron chi connectivity index (χ3n) is 5.26. The first-order valence-corrected chi connectivity index (χ1v) is 8.60. The molecule has 2 aliphatic rings. The fourth-order valence-electron chi connectivity index (χ4n) is 3.28. The van der Waals surface area contributed by atoms with Crippen molar-refractivity contribution in [2.75, 3.05) is 19.8 Å². The van der Waals surface area contributed by atoms with Crippen LogP contribution in [0.3, 0.4) is 0 Å². The van der Waals surface area contributed by atoms with Crippen LogP contribution >= 0.6 is 0 Å². The van der Waals surface area contributed by atoms with E-state index < -0.39 is 34.8 Å². The number of carboxylic acid groups (broad SMARTS) is 1. The number of ether oxygens (including phenoxy) is 1. The Balaban J connectivity index is 1.68. The molecular formula is C18H21N3O6. The zero-order valence-electron chi connectivity index (χ0n) is 14.8. The summed E-state index contributed by atoms with van der Waals surface area (Å²) in [5.74, 6) is -1.82. The van der Waals surface area contributed by atoms with Gasteiger partial charge in [0.15, 0.2) is 0 Å². The molecule has 144 valence electrons. The van der Waals surface area contributed by atoms with Crippen molar-refractivity contribution < 1.29 is 29.0 Å². The average molecular weight is 375 g/mol. The summed E-state index contributed by atoms with van der Waals surface area (Å²) in [6.45, 7) is 2.29. The molecule has 1 unspecified atom stereocenters. The van der Waals surface area contributed by atoms with E-state index in [1.54, 1.807) is 19.1 Å². The Hall–Kier alpha value is -2.94. The number of carboxylic acids is 1. The third kappa shape index (κ3) is 3.50. The molecule has 0 aliphatic carbocycles. The molecule has 0 radical (unpaired) electrons. The van der Waals surface area contributed by atoms with Crippen molar-refractivity contribution in [1.82, 2.24) is 16.0 Å². The van der Waals surface area contributed by atoms with Crippen LogP contribution in [-0.2, 0) is 19.9 Å². The maximum atomic E-state index is 12.4. The standard InChI is InChI=1S/C18H21N3O6/c1-17(14(23)20-16(26)21-17)12-4-2-11(3-5-12)13(22)19-10-18(15(24)25)6-8-27-9-7-18/h2-5H,6-10H2,1H3,(H,19,22)(H,24,25)(H2,20,21,23,26). The lowest BCUT2D eigenvalue weighted by molar-refractivity contribution is -0.154. The summed E-state index contributed by atoms with van der Waals surface area (Å²) in [6.07, 6.45) is 0.684. The zero-order chi connectivity index (χ0) is 19.7. The van der Waals surface area contributed by atoms with E-state index in [1.807, 2.05) is 0 Å². The molecule has 1 atom stereocenters. The number of benzene rings is 1. The molecule has 9 nitrogen and oxygen atoms in total. The molecule has 2 aliphatic heterocycles. The smallest absolute Gasteiger partial charge is 0.322 e. The second kappa shape index (κ2) is 6.99. The molecule has 0 aromatic heterocycles. The van der Waals surface area contributed by atoms with Crippen LogP contribution in [0.4, 0.5) is 4.79 Å². The molecule has 4 amide bonds. The topological polar surface area (TPSA) is 134 Å². The summed E-state index contributed by atoms with van der Waals surface area (Å²) in [7, 11) is 0. The molecule has 2 heterocycles. The highest BCUT2D eigenvalue weighted by molar-refractivity contribution is 6.07. The van der Waals surface area contributed by atoms with Crippen LogP contribution in [0, 0.1) is 5.41 Å². The largest absolute Gasteiger partial charge is 0.481 e. The van der Waals surface area contributed by atoms with Crippen molar-refractivity contribution in [3.05, 3.63) is 35.4 Å². The quantitative estimate of drug-likeness (QED) is 0.549. The van der Waals surface area contributed by atoms with Crippen LogP contribution < -0.4 is 16.0 Å². The number of amides is 4. The second-order valence-corrected chi connectivity index (χ2v) is 6.99. The monoisotopic (exact) mass is 375 g/mol. The van der Waals surface area contributed by atoms with Gasteiger partial charge in [0.2, 0.25) is 0 Å². The van der Waals surface area contributed by atoms with Crippen molar-refractivity contribution >= 4 is 23.8 Å². The molecule has 2 saturated heterocycles. The van der Waals surface area contributed by atoms with Gasteiger partial charge < -0.3 is 20.5 Å². The molecule has 1 aromatic carbocycles. The Morgan fingerprint density at radius 3 is 2.33 bits per heavy atom. The Morgan fingerprint density at radius 2 is 1.81 bits per heavy atom. The first kappa shape index (κ1) is 18.8. The van der Waals surface area contributed by atoms with Gasteiger partial charge in [0.1, 0.15) is 5.54 Å². The van der Waals surface area contributed by atoms with Gasteiger partial charge in [-0.2, -0.15) is 0 Å². The van der Waals surface area contributed by atoms with Crippen LogP contribution in [0.1, 0.15) is 35.7 Å². The van der Waals surface area contributed by atoms with Gasteiger partial charge >= 0.3 is 12.0 Å². The van der Waals surface area contributed by atoms with E-state index in [2.05, 4.69) is 16.0 Å². The van der Waals surface area contributed by atoms with Gasteiger partial charge in [-0.25, -0.2) is 4.79 Å². The predicted molar refractivity (Wildman–Crippen MR) is 92.9 cm³/mol. The minimum Gasteiger partial charge on any atom is -0.481 e. The van der Waals surface area contributed by atoms with Gasteiger partial charge in [-0.15, -0.1) is 0 Å². The highest BCUT2D eigenvalue weighted by Crippen LogP contribution is 2.30. The predicted octanol–water partition coefficient (Wildman–Crippen LogP) is 0.352. The van der Waals surface area contributed by atoms with Gasteiger partial charge in [0, 0.05) is 25.3 Å². The maximum absolute atomic E-state index is 12.4. The summed E-state index contributed by atoms with van der Waals surface area (Å²) < 4.78 is 5.22. The summed E-state index contributed by atoms with van der Waals surface area (Å²) in [5.41, 5.74) is -1.34. The molecule has 1 aromatic rings. The summed E-state index contributed by atoms with van der Waals surface area (Å²) in [5, 5.41) is 16.9. The number of urea groups is 1. The number of carbonyl (C=O) groups excluding carboxylic acids is 3. The number of rotatable bonds is 5. The van der Waals surface area contributed by atoms with Gasteiger partial charge in [-0.05, 0) is 37.5 Å². The van der Waals surface area contributed by atoms with E-state index in [0.717, 1.165) is 0 Å². The Morgan fingerprint density at radius 1 is 1.19 bits per heavy atom. The first-order valence-electron chi connectivity index (χ1n) is 8.60. The summed E-state index contributed by atoms with van der Waals surface area (Å²) >= 11 is 0. The molecular weight excluding hydrogens is 354 g/mol. The summed E-state index contributed by atoms with van der Waals surface area (Å²) in [4.78, 5) is 47.4. The molecule has 27 heavy (non-hydrogen) atoms. The van der Waals surface area contributed by atoms with Gasteiger partial charge in [-0.3, -0.25) is 19.7 Å². The zero-order valence-corrected chi connectivity index (χ0v) is 14.8. The molecule has 0 saturated carbocycles. The lowest BCUT2D eigenvalue weighted by atomic mass is 9.80. The van der Waals surface area contributed by atoms with E-state index >= 15 is 0 Å². The van der Waals surface area contributed by atoms with Crippen LogP contribution in [0.15, 0.2) is 24.3 Å². The summed E-state index contributed by atoms with van der Waals surface area (Å²) in [6, 6.07) is 5.67. The van der Waals surface area contributed by atoms with Crippen LogP contribution in [0.5, 0.6) is 0 Å². The Bertz CT molecular complexity index is 785. The first-order chi connectivity index (χ1) is 12.8. The minimum atomic E-state index is -1.19. The van der Waals surface area contributed by atoms with E-state index in [-0.39, 0.29) is 6.54 Å². The average Bonchev–Trinajstić information content (AvgIpc) is 2.93. The van der Waals surface area contributed by atoms with Crippen LogP contribution in [0.2, 0.25) is 0 Å². The fourth-order valence-corrected chi connectivity index (χ4v) is 3.28. The SMILES string of the molecule is CC1(c2ccc(C(=O)NCC3(C(=O)O)CCOCC3)cc2)NC(=O)NC1=O. The highest BCUT2D eigenvalue weighted by atomic mass is 16.5. The minimum absolute atomic E-state index is 0.0163. The molecule has 9 heteroatoms. The molecule has 0 spiro atoms.